The Balaban J connectivity index is 0.00000228. The van der Waals surface area contributed by atoms with Crippen molar-refractivity contribution in [2.24, 2.45) is 11.8 Å². The molecule has 0 spiro atoms. The number of carbonyl (C=O) groups excluding carboxylic acids is 1. The molecule has 2 aromatic rings. The monoisotopic (exact) mass is 537 g/mol. The molecular formula is C28H45Cl2N5O. The molecule has 6 nitrogen and oxygen atoms in total. The maximum Gasteiger partial charge on any atom is 0.222 e. The zero-order valence-corrected chi connectivity index (χ0v) is 24.0. The summed E-state index contributed by atoms with van der Waals surface area (Å²) in [6.07, 6.45) is 4.92. The molecule has 0 radical (unpaired) electrons. The number of halogens is 2. The average molecular weight is 539 g/mol. The van der Waals surface area contributed by atoms with E-state index in [9.17, 15) is 4.79 Å². The summed E-state index contributed by atoms with van der Waals surface area (Å²) >= 11 is 0. The molecule has 1 N–H and O–H groups in total. The van der Waals surface area contributed by atoms with Crippen molar-refractivity contribution in [1.29, 1.82) is 0 Å². The van der Waals surface area contributed by atoms with E-state index in [4.69, 9.17) is 0 Å². The zero-order chi connectivity index (χ0) is 24.1. The van der Waals surface area contributed by atoms with Crippen molar-refractivity contribution in [3.05, 3.63) is 52.8 Å². The normalized spacial score (nSPS) is 21.4. The molecule has 1 aromatic heterocycles. The largest absolute Gasteiger partial charge is 0.345 e. The summed E-state index contributed by atoms with van der Waals surface area (Å²) in [7, 11) is 1.95. The summed E-state index contributed by atoms with van der Waals surface area (Å²) in [5.41, 5.74) is 5.03. The van der Waals surface area contributed by atoms with Gasteiger partial charge >= 0.3 is 0 Å². The van der Waals surface area contributed by atoms with Crippen LogP contribution in [0, 0.1) is 25.7 Å². The third-order valence-corrected chi connectivity index (χ3v) is 7.99. The number of aryl methyl sites for hydroxylation is 2. The van der Waals surface area contributed by atoms with Crippen molar-refractivity contribution in [2.45, 2.75) is 72.0 Å². The van der Waals surface area contributed by atoms with Crippen molar-refractivity contribution in [1.82, 2.24) is 24.9 Å². The highest BCUT2D eigenvalue weighted by Crippen LogP contribution is 2.31. The van der Waals surface area contributed by atoms with Gasteiger partial charge in [0.1, 0.15) is 0 Å². The summed E-state index contributed by atoms with van der Waals surface area (Å²) < 4.78 is 2.06. The quantitative estimate of drug-likeness (QED) is 0.479. The first-order chi connectivity index (χ1) is 16.4. The second-order valence-corrected chi connectivity index (χ2v) is 10.5. The van der Waals surface area contributed by atoms with Crippen molar-refractivity contribution in [3.63, 3.8) is 0 Å². The van der Waals surface area contributed by atoms with Crippen LogP contribution in [0.4, 0.5) is 0 Å². The highest BCUT2D eigenvalue weighted by molar-refractivity contribution is 5.85. The molecule has 2 fully saturated rings. The molecule has 2 unspecified atom stereocenters. The third kappa shape index (κ3) is 7.70. The maximum atomic E-state index is 12.8. The van der Waals surface area contributed by atoms with E-state index in [2.05, 4.69) is 71.1 Å². The van der Waals surface area contributed by atoms with E-state index in [0.717, 1.165) is 57.1 Å². The van der Waals surface area contributed by atoms with Crippen LogP contribution in [-0.2, 0) is 24.3 Å². The van der Waals surface area contributed by atoms with E-state index in [1.165, 1.54) is 36.3 Å². The van der Waals surface area contributed by atoms with E-state index in [0.29, 0.717) is 18.4 Å². The summed E-state index contributed by atoms with van der Waals surface area (Å²) in [4.78, 5) is 17.3. The van der Waals surface area contributed by atoms with Crippen molar-refractivity contribution in [2.75, 3.05) is 33.2 Å². The number of piperidine rings is 2. The number of carbonyl (C=O) groups is 1. The predicted molar refractivity (Wildman–Crippen MR) is 152 cm³/mol. The Hall–Kier alpha value is -1.60. The van der Waals surface area contributed by atoms with Crippen LogP contribution in [0.15, 0.2) is 30.3 Å². The summed E-state index contributed by atoms with van der Waals surface area (Å²) in [5, 5.41) is 8.42. The Morgan fingerprint density at radius 1 is 1.17 bits per heavy atom. The summed E-state index contributed by atoms with van der Waals surface area (Å²) in [6, 6.07) is 11.4. The lowest BCUT2D eigenvalue weighted by Gasteiger charge is -2.46. The van der Waals surface area contributed by atoms with Crippen LogP contribution < -0.4 is 5.32 Å². The van der Waals surface area contributed by atoms with Gasteiger partial charge in [0.05, 0.1) is 5.69 Å². The minimum Gasteiger partial charge on any atom is -0.345 e. The van der Waals surface area contributed by atoms with Crippen LogP contribution in [0.1, 0.15) is 55.1 Å². The van der Waals surface area contributed by atoms with Crippen LogP contribution in [-0.4, -0.2) is 64.8 Å². The lowest BCUT2D eigenvalue weighted by atomic mass is 9.79. The van der Waals surface area contributed by atoms with Crippen LogP contribution in [0.5, 0.6) is 0 Å². The second kappa shape index (κ2) is 14.4. The van der Waals surface area contributed by atoms with Gasteiger partial charge in [-0.25, -0.2) is 0 Å². The van der Waals surface area contributed by atoms with Crippen molar-refractivity contribution < 1.29 is 4.79 Å². The molecule has 36 heavy (non-hydrogen) atoms. The van der Waals surface area contributed by atoms with Crippen molar-refractivity contribution >= 4 is 30.7 Å². The fourth-order valence-corrected chi connectivity index (χ4v) is 6.05. The fraction of sp³-hybridized carbons (Fsp3) is 0.643. The molecule has 0 saturated carbocycles. The number of nitrogens with zero attached hydrogens (tertiary/aromatic N) is 4. The van der Waals surface area contributed by atoms with Crippen LogP contribution in [0.25, 0.3) is 0 Å². The second-order valence-electron chi connectivity index (χ2n) is 10.5. The van der Waals surface area contributed by atoms with E-state index in [-0.39, 0.29) is 30.7 Å². The number of rotatable bonds is 10. The molecule has 2 aliphatic heterocycles. The van der Waals surface area contributed by atoms with Crippen LogP contribution >= 0.6 is 24.8 Å². The molecule has 4 rings (SSSR count). The van der Waals surface area contributed by atoms with E-state index in [1.54, 1.807) is 0 Å². The highest BCUT2D eigenvalue weighted by Gasteiger charge is 2.36. The Morgan fingerprint density at radius 3 is 2.61 bits per heavy atom. The number of aromatic nitrogens is 2. The zero-order valence-electron chi connectivity index (χ0n) is 22.4. The Labute approximate surface area is 230 Å². The van der Waals surface area contributed by atoms with E-state index >= 15 is 0 Å². The number of hydrogen-bond donors (Lipinski definition) is 1. The van der Waals surface area contributed by atoms with Crippen molar-refractivity contribution in [3.8, 4) is 0 Å². The number of benzene rings is 1. The van der Waals surface area contributed by atoms with Gasteiger partial charge in [0.2, 0.25) is 5.91 Å². The third-order valence-electron chi connectivity index (χ3n) is 7.99. The van der Waals surface area contributed by atoms with Gasteiger partial charge in [0, 0.05) is 57.9 Å². The van der Waals surface area contributed by atoms with Gasteiger partial charge < -0.3 is 10.2 Å². The fourth-order valence-electron chi connectivity index (χ4n) is 6.05. The van der Waals surface area contributed by atoms with Crippen LogP contribution in [0.3, 0.4) is 0 Å². The predicted octanol–water partition coefficient (Wildman–Crippen LogP) is 4.64. The van der Waals surface area contributed by atoms with E-state index < -0.39 is 0 Å². The molecule has 8 heteroatoms. The van der Waals surface area contributed by atoms with Gasteiger partial charge in [-0.05, 0) is 76.0 Å². The highest BCUT2D eigenvalue weighted by atomic mass is 35.5. The number of likely N-dealkylation sites (tertiary alicyclic amines) is 1. The Kier molecular flexibility index (Phi) is 12.2. The summed E-state index contributed by atoms with van der Waals surface area (Å²) in [6.45, 7) is 12.5. The standard InChI is InChI=1S/C28H43N5O.2ClH/c1-5-33-22(3)26(21(2)30-33)14-15-31(4)28(34)13-9-12-27-25-16-24(17-29-27)19-32(20-25)18-23-10-7-6-8-11-23;;/h6-8,10-11,24-25,27,29H,5,9,12-20H2,1-4H3;2*1H/t24?,25?,27-;;/m1../s1. The molecule has 2 aliphatic rings. The molecular weight excluding hydrogens is 493 g/mol. The number of amides is 1. The minimum atomic E-state index is 0. The number of nitrogens with one attached hydrogen (secondary N) is 1. The summed E-state index contributed by atoms with van der Waals surface area (Å²) in [5.74, 6) is 1.72. The maximum absolute atomic E-state index is 12.8. The van der Waals surface area contributed by atoms with Gasteiger partial charge in [-0.3, -0.25) is 14.4 Å². The first kappa shape index (κ1) is 30.6. The van der Waals surface area contributed by atoms with Gasteiger partial charge in [0.15, 0.2) is 0 Å². The number of hydrogen-bond acceptors (Lipinski definition) is 4. The van der Waals surface area contributed by atoms with Gasteiger partial charge in [-0.2, -0.15) is 5.10 Å². The average Bonchev–Trinajstić information content (AvgIpc) is 3.11. The first-order valence-electron chi connectivity index (χ1n) is 13.2. The molecule has 3 heterocycles. The topological polar surface area (TPSA) is 53.4 Å². The first-order valence-corrected chi connectivity index (χ1v) is 13.2. The molecule has 3 atom stereocenters. The molecule has 1 aromatic carbocycles. The van der Waals surface area contributed by atoms with E-state index in [1.807, 2.05) is 11.9 Å². The molecule has 2 bridgehead atoms. The lowest BCUT2D eigenvalue weighted by molar-refractivity contribution is -0.130. The van der Waals surface area contributed by atoms with Gasteiger partial charge in [0.25, 0.3) is 0 Å². The Bertz CT molecular complexity index is 951. The smallest absolute Gasteiger partial charge is 0.222 e. The Morgan fingerprint density at radius 2 is 1.92 bits per heavy atom. The van der Waals surface area contributed by atoms with Crippen LogP contribution in [0.2, 0.25) is 0 Å². The minimum absolute atomic E-state index is 0. The number of fused-ring (bicyclic) bond motifs is 2. The SMILES string of the molecule is CCn1nc(C)c(CCN(C)C(=O)CCC[C@H]2NCC3CC2CN(Cc2ccccc2)C3)c1C.Cl.Cl. The van der Waals surface area contributed by atoms with Gasteiger partial charge in [-0.1, -0.05) is 30.3 Å². The molecule has 202 valence electrons. The van der Waals surface area contributed by atoms with Gasteiger partial charge in [-0.15, -0.1) is 24.8 Å². The lowest BCUT2D eigenvalue weighted by Crippen LogP contribution is -2.55. The molecule has 0 aliphatic carbocycles. The molecule has 1 amide bonds. The number of likely N-dealkylation sites (N-methyl/N-ethyl adjacent to an activating group) is 1. The molecule has 2 saturated heterocycles.